The van der Waals surface area contributed by atoms with E-state index in [2.05, 4.69) is 90.9 Å². The lowest BCUT2D eigenvalue weighted by Gasteiger charge is -2.41. The number of aliphatic hydroxyl groups is 3. The van der Waals surface area contributed by atoms with Gasteiger partial charge in [0.25, 0.3) is 0 Å². The minimum Gasteiger partial charge on any atom is -0.457 e. The van der Waals surface area contributed by atoms with Gasteiger partial charge < -0.3 is 34.3 Å². The smallest absolute Gasteiger partial charge is 0.397 e. The molecule has 6 unspecified atom stereocenters. The molecule has 13 heteroatoms. The molecule has 0 aliphatic carbocycles. The monoisotopic (exact) mass is 995 g/mol. The van der Waals surface area contributed by atoms with Gasteiger partial charge >= 0.3 is 16.4 Å². The molecular weight excluding hydrogens is 897 g/mol. The average Bonchev–Trinajstić information content (AvgIpc) is 3.32. The molecule has 0 aromatic rings. The summed E-state index contributed by atoms with van der Waals surface area (Å²) in [6.07, 6.45) is 52.2. The Hall–Kier alpha value is -2.46. The highest BCUT2D eigenvalue weighted by atomic mass is 32.3. The largest absolute Gasteiger partial charge is 0.457 e. The zero-order chi connectivity index (χ0) is 50.3. The normalized spacial score (nSPS) is 19.8. The zero-order valence-electron chi connectivity index (χ0n) is 43.1. The third-order valence-corrected chi connectivity index (χ3v) is 12.5. The molecule has 0 amide bonds. The van der Waals surface area contributed by atoms with Gasteiger partial charge in [-0.05, 0) is 83.5 Å². The van der Waals surface area contributed by atoms with Gasteiger partial charge in [-0.3, -0.25) is 9.35 Å². The molecule has 6 atom stereocenters. The van der Waals surface area contributed by atoms with Gasteiger partial charge in [0.15, 0.2) is 6.29 Å². The highest BCUT2D eigenvalue weighted by Gasteiger charge is 2.48. The summed E-state index contributed by atoms with van der Waals surface area (Å²) in [7, 11) is -5.07. The number of aliphatic hydroxyl groups excluding tert-OH is 3. The Labute approximate surface area is 420 Å². The van der Waals surface area contributed by atoms with E-state index in [1.165, 1.54) is 96.3 Å². The SMILES string of the molecule is CC/C=C\C/C=C\C/C=C\C/C=C\CCCCCCCCCCCCCCC(=O)OC(COCCCCCCCC/C=C\C/C=C\CCCCCC)COC1OC(CO)C(O)C(OS(=O)(=O)O)C1O. The van der Waals surface area contributed by atoms with E-state index < -0.39 is 59.8 Å². The molecule has 0 aromatic heterocycles. The van der Waals surface area contributed by atoms with Crippen LogP contribution in [-0.2, 0) is 38.3 Å². The number of hydrogen-bond donors (Lipinski definition) is 4. The maximum Gasteiger partial charge on any atom is 0.397 e. The summed E-state index contributed by atoms with van der Waals surface area (Å²) in [5.74, 6) is -0.406. The summed E-state index contributed by atoms with van der Waals surface area (Å²) in [6, 6.07) is 0. The lowest BCUT2D eigenvalue weighted by atomic mass is 9.99. The lowest BCUT2D eigenvalue weighted by Crippen LogP contribution is -2.60. The van der Waals surface area contributed by atoms with Crippen LogP contribution in [-0.4, -0.2) is 97.5 Å². The molecule has 1 aliphatic rings. The number of unbranched alkanes of at least 4 members (excludes halogenated alkanes) is 22. The molecular formula is C56H98O12S. The molecule has 0 radical (unpaired) electrons. The van der Waals surface area contributed by atoms with Crippen LogP contribution in [0.5, 0.6) is 0 Å². The summed E-state index contributed by atoms with van der Waals surface area (Å²) >= 11 is 0. The van der Waals surface area contributed by atoms with Gasteiger partial charge in [0.2, 0.25) is 0 Å². The molecule has 0 bridgehead atoms. The van der Waals surface area contributed by atoms with E-state index in [1.807, 2.05) is 0 Å². The number of esters is 1. The van der Waals surface area contributed by atoms with Crippen molar-refractivity contribution in [1.29, 1.82) is 0 Å². The van der Waals surface area contributed by atoms with Crippen LogP contribution in [0.3, 0.4) is 0 Å². The molecule has 1 heterocycles. The average molecular weight is 995 g/mol. The molecule has 1 saturated heterocycles. The molecule has 1 fully saturated rings. The Morgan fingerprint density at radius 2 is 1.00 bits per heavy atom. The van der Waals surface area contributed by atoms with Gasteiger partial charge in [0, 0.05) is 13.0 Å². The van der Waals surface area contributed by atoms with Crippen molar-refractivity contribution in [2.45, 2.75) is 250 Å². The number of carbonyl (C=O) groups excluding carboxylic acids is 1. The minimum atomic E-state index is -5.07. The van der Waals surface area contributed by atoms with E-state index >= 15 is 0 Å². The zero-order valence-corrected chi connectivity index (χ0v) is 43.9. The van der Waals surface area contributed by atoms with E-state index in [9.17, 15) is 33.1 Å². The fraction of sp³-hybridized carbons (Fsp3) is 0.768. The van der Waals surface area contributed by atoms with E-state index in [4.69, 9.17) is 18.9 Å². The highest BCUT2D eigenvalue weighted by molar-refractivity contribution is 7.80. The molecule has 0 spiro atoms. The first-order valence-electron chi connectivity index (χ1n) is 27.2. The molecule has 12 nitrogen and oxygen atoms in total. The summed E-state index contributed by atoms with van der Waals surface area (Å²) in [5.41, 5.74) is 0. The van der Waals surface area contributed by atoms with E-state index in [1.54, 1.807) is 0 Å². The van der Waals surface area contributed by atoms with Crippen molar-refractivity contribution in [2.75, 3.05) is 26.4 Å². The number of hydrogen-bond acceptors (Lipinski definition) is 11. The van der Waals surface area contributed by atoms with Gasteiger partial charge in [-0.1, -0.05) is 196 Å². The van der Waals surface area contributed by atoms with Crippen molar-refractivity contribution in [2.24, 2.45) is 0 Å². The summed E-state index contributed by atoms with van der Waals surface area (Å²) < 4.78 is 59.3. The molecule has 0 saturated carbocycles. The molecule has 1 rings (SSSR count). The Morgan fingerprint density at radius 1 is 0.565 bits per heavy atom. The number of allylic oxidation sites excluding steroid dienone is 12. The van der Waals surface area contributed by atoms with Crippen molar-refractivity contribution < 1.29 is 56.2 Å². The van der Waals surface area contributed by atoms with Crippen LogP contribution in [0.2, 0.25) is 0 Å². The maximum absolute atomic E-state index is 12.9. The van der Waals surface area contributed by atoms with Crippen LogP contribution in [0.1, 0.15) is 213 Å². The molecule has 0 aromatic carbocycles. The van der Waals surface area contributed by atoms with Gasteiger partial charge in [0.05, 0.1) is 19.8 Å². The Morgan fingerprint density at radius 3 is 1.46 bits per heavy atom. The summed E-state index contributed by atoms with van der Waals surface area (Å²) in [4.78, 5) is 12.9. The summed E-state index contributed by atoms with van der Waals surface area (Å²) in [6.45, 7) is 3.85. The van der Waals surface area contributed by atoms with Crippen molar-refractivity contribution in [1.82, 2.24) is 0 Å². The van der Waals surface area contributed by atoms with Crippen LogP contribution in [0, 0.1) is 0 Å². The minimum absolute atomic E-state index is 0.0258. The highest BCUT2D eigenvalue weighted by Crippen LogP contribution is 2.26. The quantitative estimate of drug-likeness (QED) is 0.0197. The van der Waals surface area contributed by atoms with Gasteiger partial charge in [-0.2, -0.15) is 8.42 Å². The predicted octanol–water partition coefficient (Wildman–Crippen LogP) is 13.0. The molecule has 400 valence electrons. The number of rotatable bonds is 47. The van der Waals surface area contributed by atoms with Crippen LogP contribution < -0.4 is 0 Å². The van der Waals surface area contributed by atoms with Crippen molar-refractivity contribution in [3.63, 3.8) is 0 Å². The fourth-order valence-electron chi connectivity index (χ4n) is 7.99. The van der Waals surface area contributed by atoms with Gasteiger partial charge in [-0.25, -0.2) is 4.18 Å². The lowest BCUT2D eigenvalue weighted by molar-refractivity contribution is -0.301. The van der Waals surface area contributed by atoms with Crippen LogP contribution in [0.15, 0.2) is 72.9 Å². The topological polar surface area (TPSA) is 178 Å². The van der Waals surface area contributed by atoms with E-state index in [0.717, 1.165) is 89.9 Å². The maximum atomic E-state index is 12.9. The van der Waals surface area contributed by atoms with Gasteiger partial charge in [0.1, 0.15) is 30.5 Å². The molecule has 1 aliphatic heterocycles. The Balaban J connectivity index is 2.32. The first-order valence-corrected chi connectivity index (χ1v) is 28.6. The Kier molecular flexibility index (Phi) is 43.6. The van der Waals surface area contributed by atoms with Gasteiger partial charge in [-0.15, -0.1) is 0 Å². The molecule has 4 N–H and O–H groups in total. The standard InChI is InChI=1S/C56H98O12S/c1-3-5-7-9-11-13-15-17-19-21-22-23-24-25-26-27-28-29-31-33-35-37-39-41-43-45-52(58)66-50(49-65-56-54(60)55(68-69(61,62)63)53(59)51(47-57)67-56)48-64-46-44-42-40-38-36-34-32-30-20-18-16-14-12-10-8-6-4-2/h5,7,11,13-14,16-17,19-20,22-23,30,50-51,53-57,59-60H,3-4,6,8-10,12,15,18,21,24-29,31-49H2,1-2H3,(H,61,62,63)/b7-5-,13-11-,16-14-,19-17-,23-22-,30-20-. The van der Waals surface area contributed by atoms with Crippen LogP contribution in [0.25, 0.3) is 0 Å². The first-order chi connectivity index (χ1) is 33.6. The van der Waals surface area contributed by atoms with E-state index in [-0.39, 0.29) is 19.6 Å². The van der Waals surface area contributed by atoms with Crippen molar-refractivity contribution >= 4 is 16.4 Å². The Bertz CT molecular complexity index is 1470. The second-order valence-electron chi connectivity index (χ2n) is 18.4. The second-order valence-corrected chi connectivity index (χ2v) is 19.5. The third kappa shape index (κ3) is 39.8. The summed E-state index contributed by atoms with van der Waals surface area (Å²) in [5, 5.41) is 30.8. The van der Waals surface area contributed by atoms with Crippen molar-refractivity contribution in [3.8, 4) is 0 Å². The van der Waals surface area contributed by atoms with E-state index in [0.29, 0.717) is 13.0 Å². The first kappa shape index (κ1) is 64.6. The number of ether oxygens (including phenoxy) is 4. The third-order valence-electron chi connectivity index (χ3n) is 12.1. The number of carbonyl (C=O) groups is 1. The van der Waals surface area contributed by atoms with Crippen LogP contribution in [0.4, 0.5) is 0 Å². The van der Waals surface area contributed by atoms with Crippen LogP contribution >= 0.6 is 0 Å². The van der Waals surface area contributed by atoms with Crippen molar-refractivity contribution in [3.05, 3.63) is 72.9 Å². The fourth-order valence-corrected chi connectivity index (χ4v) is 8.50. The second kappa shape index (κ2) is 46.6. The predicted molar refractivity (Wildman–Crippen MR) is 280 cm³/mol. The molecule has 69 heavy (non-hydrogen) atoms.